The van der Waals surface area contributed by atoms with E-state index in [1.165, 1.54) is 25.7 Å². The zero-order valence-electron chi connectivity index (χ0n) is 25.3. The van der Waals surface area contributed by atoms with Gasteiger partial charge in [-0.2, -0.15) is 0 Å². The number of carbonyl (C=O) groups is 2. The van der Waals surface area contributed by atoms with E-state index in [9.17, 15) is 9.59 Å². The molecule has 0 unspecified atom stereocenters. The van der Waals surface area contributed by atoms with E-state index in [2.05, 4.69) is 41.6 Å². The van der Waals surface area contributed by atoms with E-state index in [-0.39, 0.29) is 18.2 Å². The number of hydrogen-bond acceptors (Lipinski definition) is 5. The molecule has 7 heteroatoms. The number of hydrogen-bond donors (Lipinski definition) is 0. The fourth-order valence-electron chi connectivity index (χ4n) is 5.21. The Bertz CT molecular complexity index is 1260. The van der Waals surface area contributed by atoms with Crippen LogP contribution in [0.5, 0.6) is 5.75 Å². The molecule has 41 heavy (non-hydrogen) atoms. The molecular weight excluding hydrogens is 580 g/mol. The average Bonchev–Trinajstić information content (AvgIpc) is 3.28. The van der Waals surface area contributed by atoms with Crippen LogP contribution in [0.3, 0.4) is 0 Å². The van der Waals surface area contributed by atoms with E-state index >= 15 is 0 Å². The number of rotatable bonds is 19. The summed E-state index contributed by atoms with van der Waals surface area (Å²) in [4.78, 5) is 29.1. The first-order valence-corrected chi connectivity index (χ1v) is 16.2. The third-order valence-electron chi connectivity index (χ3n) is 7.41. The molecular formula is C34H47BrN2O4. The lowest BCUT2D eigenvalue weighted by atomic mass is 9.97. The number of unbranched alkanes of at least 4 members (excludes halogenated alkanes) is 3. The van der Waals surface area contributed by atoms with Gasteiger partial charge in [0.05, 0.1) is 29.8 Å². The van der Waals surface area contributed by atoms with E-state index in [0.717, 1.165) is 72.2 Å². The molecule has 0 aliphatic rings. The molecule has 224 valence electrons. The lowest BCUT2D eigenvalue weighted by molar-refractivity contribution is -0.142. The van der Waals surface area contributed by atoms with Crippen LogP contribution >= 0.6 is 15.9 Å². The van der Waals surface area contributed by atoms with Crippen molar-refractivity contribution >= 4 is 33.2 Å². The molecule has 0 aliphatic heterocycles. The molecule has 0 amide bonds. The molecule has 0 radical (unpaired) electrons. The van der Waals surface area contributed by atoms with Crippen LogP contribution in [0.2, 0.25) is 0 Å². The summed E-state index contributed by atoms with van der Waals surface area (Å²) in [6, 6.07) is 11.4. The van der Waals surface area contributed by atoms with E-state index in [1.54, 1.807) is 0 Å². The van der Waals surface area contributed by atoms with Gasteiger partial charge < -0.3 is 18.8 Å². The van der Waals surface area contributed by atoms with Gasteiger partial charge in [0.2, 0.25) is 5.78 Å². The van der Waals surface area contributed by atoms with Gasteiger partial charge in [-0.3, -0.25) is 9.59 Å². The number of esters is 1. The summed E-state index contributed by atoms with van der Waals surface area (Å²) in [6.07, 6.45) is 10.5. The van der Waals surface area contributed by atoms with Crippen LogP contribution in [0, 0.1) is 0 Å². The highest BCUT2D eigenvalue weighted by molar-refractivity contribution is 9.10. The topological polar surface area (TPSA) is 60.3 Å². The Morgan fingerprint density at radius 3 is 2.24 bits per heavy atom. The number of nitrogens with zero attached hydrogens (tertiary/aromatic N) is 2. The van der Waals surface area contributed by atoms with Crippen molar-refractivity contribution in [3.05, 3.63) is 69.5 Å². The van der Waals surface area contributed by atoms with Crippen molar-refractivity contribution in [3.8, 4) is 5.75 Å². The highest BCUT2D eigenvalue weighted by Crippen LogP contribution is 2.31. The minimum atomic E-state index is -0.274. The zero-order chi connectivity index (χ0) is 29.6. The van der Waals surface area contributed by atoms with Crippen LogP contribution in [-0.2, 0) is 22.4 Å². The number of pyridine rings is 1. The van der Waals surface area contributed by atoms with E-state index in [0.29, 0.717) is 24.5 Å². The van der Waals surface area contributed by atoms with Crippen molar-refractivity contribution in [2.45, 2.75) is 85.5 Å². The molecule has 3 rings (SSSR count). The molecule has 2 aromatic heterocycles. The number of halogens is 1. The van der Waals surface area contributed by atoms with Gasteiger partial charge in [-0.15, -0.1) is 0 Å². The average molecular weight is 628 g/mol. The first-order chi connectivity index (χ1) is 19.9. The van der Waals surface area contributed by atoms with E-state index in [4.69, 9.17) is 9.47 Å². The molecule has 3 aromatic rings. The molecule has 2 heterocycles. The summed E-state index contributed by atoms with van der Waals surface area (Å²) in [7, 11) is 0. The van der Waals surface area contributed by atoms with E-state index in [1.807, 2.05) is 53.9 Å². The monoisotopic (exact) mass is 626 g/mol. The minimum absolute atomic E-state index is 0.0675. The smallest absolute Gasteiger partial charge is 0.310 e. The summed E-state index contributed by atoms with van der Waals surface area (Å²) >= 11 is 3.65. The number of aromatic nitrogens is 1. The molecule has 0 spiro atoms. The van der Waals surface area contributed by atoms with Crippen molar-refractivity contribution in [3.63, 3.8) is 0 Å². The van der Waals surface area contributed by atoms with Crippen LogP contribution < -0.4 is 4.74 Å². The van der Waals surface area contributed by atoms with Crippen molar-refractivity contribution in [2.75, 3.05) is 32.8 Å². The van der Waals surface area contributed by atoms with Crippen molar-refractivity contribution < 1.29 is 19.1 Å². The Balaban J connectivity index is 1.80. The van der Waals surface area contributed by atoms with Crippen molar-refractivity contribution in [1.29, 1.82) is 0 Å². The van der Waals surface area contributed by atoms with Gasteiger partial charge in [0.1, 0.15) is 5.75 Å². The van der Waals surface area contributed by atoms with Crippen LogP contribution in [0.1, 0.15) is 99.8 Å². The Labute approximate surface area is 254 Å². The Morgan fingerprint density at radius 1 is 0.878 bits per heavy atom. The second-order valence-corrected chi connectivity index (χ2v) is 11.4. The maximum atomic E-state index is 14.0. The summed E-state index contributed by atoms with van der Waals surface area (Å²) < 4.78 is 14.1. The summed E-state index contributed by atoms with van der Waals surface area (Å²) in [6.45, 7) is 12.7. The predicted molar refractivity (Wildman–Crippen MR) is 170 cm³/mol. The van der Waals surface area contributed by atoms with Crippen molar-refractivity contribution in [2.24, 2.45) is 0 Å². The van der Waals surface area contributed by atoms with Crippen LogP contribution in [-0.4, -0.2) is 53.9 Å². The lowest BCUT2D eigenvalue weighted by Crippen LogP contribution is -2.28. The third kappa shape index (κ3) is 9.17. The summed E-state index contributed by atoms with van der Waals surface area (Å²) in [5, 5.41) is 0. The van der Waals surface area contributed by atoms with Gasteiger partial charge in [-0.1, -0.05) is 46.1 Å². The largest absolute Gasteiger partial charge is 0.492 e. The van der Waals surface area contributed by atoms with Gasteiger partial charge in [0, 0.05) is 23.8 Å². The maximum absolute atomic E-state index is 14.0. The Morgan fingerprint density at radius 2 is 1.59 bits per heavy atom. The zero-order valence-corrected chi connectivity index (χ0v) is 26.9. The second-order valence-electron chi connectivity index (χ2n) is 10.6. The molecule has 0 N–H and O–H groups in total. The van der Waals surface area contributed by atoms with Crippen LogP contribution in [0.15, 0.2) is 47.1 Å². The Hall–Kier alpha value is -2.64. The number of ether oxygens (including phenoxy) is 2. The molecule has 0 atom stereocenters. The highest BCUT2D eigenvalue weighted by atomic mass is 79.9. The fraction of sp³-hybridized carbons (Fsp3) is 0.529. The second kappa shape index (κ2) is 17.3. The minimum Gasteiger partial charge on any atom is -0.492 e. The standard InChI is InChI=1S/C34H47BrN2O4/c1-5-9-15-27-28(25-32(38)40-8-4)30-16-12-13-22-37(30)33(27)34(39)26-17-18-31(29(35)24-26)41-23-14-21-36(19-10-6-2)20-11-7-3/h12-13,16-18,22,24H,5-11,14-15,19-21,23,25H2,1-4H3. The van der Waals surface area contributed by atoms with E-state index < -0.39 is 0 Å². The molecule has 6 nitrogen and oxygen atoms in total. The number of benzene rings is 1. The Kier molecular flexibility index (Phi) is 13.9. The van der Waals surface area contributed by atoms with Crippen LogP contribution in [0.4, 0.5) is 0 Å². The summed E-state index contributed by atoms with van der Waals surface area (Å²) in [5.74, 6) is 0.398. The van der Waals surface area contributed by atoms with Crippen LogP contribution in [0.25, 0.3) is 5.52 Å². The van der Waals surface area contributed by atoms with Gasteiger partial charge in [0.15, 0.2) is 0 Å². The SMILES string of the molecule is CCCCc1c(CC(=O)OCC)c2ccccn2c1C(=O)c1ccc(OCCCN(CCCC)CCCC)c(Br)c1. The first-order valence-electron chi connectivity index (χ1n) is 15.4. The number of fused-ring (bicyclic) bond motifs is 1. The van der Waals surface area contributed by atoms with Gasteiger partial charge in [-0.05, 0) is 110 Å². The van der Waals surface area contributed by atoms with Gasteiger partial charge in [0.25, 0.3) is 0 Å². The molecule has 0 saturated carbocycles. The summed E-state index contributed by atoms with van der Waals surface area (Å²) in [5.41, 5.74) is 3.89. The van der Waals surface area contributed by atoms with Gasteiger partial charge >= 0.3 is 5.97 Å². The quantitative estimate of drug-likeness (QED) is 0.0765. The molecule has 0 saturated heterocycles. The molecule has 0 bridgehead atoms. The molecule has 1 aromatic carbocycles. The number of ketones is 1. The van der Waals surface area contributed by atoms with Gasteiger partial charge in [-0.25, -0.2) is 0 Å². The first kappa shape index (κ1) is 32.9. The molecule has 0 fully saturated rings. The fourth-order valence-corrected chi connectivity index (χ4v) is 5.71. The highest BCUT2D eigenvalue weighted by Gasteiger charge is 2.25. The maximum Gasteiger partial charge on any atom is 0.310 e. The normalized spacial score (nSPS) is 11.4. The molecule has 0 aliphatic carbocycles. The predicted octanol–water partition coefficient (Wildman–Crippen LogP) is 8.05. The number of carbonyl (C=O) groups excluding carboxylic acids is 2. The van der Waals surface area contributed by atoms with Crippen molar-refractivity contribution in [1.82, 2.24) is 9.30 Å². The third-order valence-corrected chi connectivity index (χ3v) is 8.03. The lowest BCUT2D eigenvalue weighted by Gasteiger charge is -2.22.